The Balaban J connectivity index is 1.80. The third-order valence-electron chi connectivity index (χ3n) is 3.73. The molecule has 0 heterocycles. The van der Waals surface area contributed by atoms with Gasteiger partial charge in [-0.1, -0.05) is 30.3 Å². The molecule has 0 unspecified atom stereocenters. The van der Waals surface area contributed by atoms with E-state index in [0.717, 1.165) is 29.8 Å². The zero-order chi connectivity index (χ0) is 19.9. The third-order valence-corrected chi connectivity index (χ3v) is 5.47. The number of nitrogens with one attached hydrogen (secondary N) is 1. The predicted molar refractivity (Wildman–Crippen MR) is 96.9 cm³/mol. The molecule has 0 radical (unpaired) electrons. The smallest absolute Gasteiger partial charge is 0.307 e. The van der Waals surface area contributed by atoms with Gasteiger partial charge in [-0.15, -0.1) is 0 Å². The Morgan fingerprint density at radius 3 is 2.33 bits per heavy atom. The Bertz CT molecular complexity index is 882. The van der Waals surface area contributed by atoms with E-state index < -0.39 is 45.8 Å². The molecule has 0 saturated heterocycles. The van der Waals surface area contributed by atoms with Gasteiger partial charge >= 0.3 is 5.97 Å². The topological polar surface area (TPSA) is 89.5 Å². The SMILES string of the molecule is C[C@@H](OC(=O)CCS(=O)(=O)c1ccc(F)cc1)C(=O)NCc1ccccc1. The van der Waals surface area contributed by atoms with E-state index in [1.54, 1.807) is 0 Å². The molecule has 0 bridgehead atoms. The number of hydrogen-bond acceptors (Lipinski definition) is 5. The van der Waals surface area contributed by atoms with Crippen molar-refractivity contribution in [2.75, 3.05) is 5.75 Å². The predicted octanol–water partition coefficient (Wildman–Crippen LogP) is 2.24. The number of ether oxygens (including phenoxy) is 1. The Kier molecular flexibility index (Phi) is 7.06. The lowest BCUT2D eigenvalue weighted by Gasteiger charge is -2.13. The van der Waals surface area contributed by atoms with Gasteiger partial charge in [0.25, 0.3) is 5.91 Å². The van der Waals surface area contributed by atoms with Crippen molar-refractivity contribution in [3.8, 4) is 0 Å². The van der Waals surface area contributed by atoms with E-state index in [4.69, 9.17) is 4.74 Å². The molecule has 2 aromatic carbocycles. The molecule has 0 fully saturated rings. The highest BCUT2D eigenvalue weighted by molar-refractivity contribution is 7.91. The number of sulfone groups is 1. The van der Waals surface area contributed by atoms with Crippen LogP contribution in [0.1, 0.15) is 18.9 Å². The molecule has 0 spiro atoms. The summed E-state index contributed by atoms with van der Waals surface area (Å²) in [7, 11) is -3.74. The van der Waals surface area contributed by atoms with Crippen LogP contribution in [0.5, 0.6) is 0 Å². The van der Waals surface area contributed by atoms with Gasteiger partial charge in [0.15, 0.2) is 15.9 Å². The first kappa shape index (κ1) is 20.6. The van der Waals surface area contributed by atoms with Gasteiger partial charge in [-0.3, -0.25) is 9.59 Å². The molecule has 6 nitrogen and oxygen atoms in total. The van der Waals surface area contributed by atoms with Crippen molar-refractivity contribution in [1.82, 2.24) is 5.32 Å². The summed E-state index contributed by atoms with van der Waals surface area (Å²) in [6.45, 7) is 1.70. The van der Waals surface area contributed by atoms with E-state index in [1.165, 1.54) is 6.92 Å². The summed E-state index contributed by atoms with van der Waals surface area (Å²) < 4.78 is 42.1. The molecule has 2 aromatic rings. The summed E-state index contributed by atoms with van der Waals surface area (Å²) in [5.74, 6) is -2.32. The van der Waals surface area contributed by atoms with Gasteiger partial charge in [0.1, 0.15) is 5.82 Å². The molecule has 8 heteroatoms. The average Bonchev–Trinajstić information content (AvgIpc) is 2.65. The average molecular weight is 393 g/mol. The molecule has 0 aliphatic heterocycles. The Hall–Kier alpha value is -2.74. The van der Waals surface area contributed by atoms with Crippen molar-refractivity contribution in [1.29, 1.82) is 0 Å². The highest BCUT2D eigenvalue weighted by Gasteiger charge is 2.21. The van der Waals surface area contributed by atoms with E-state index in [2.05, 4.69) is 5.32 Å². The van der Waals surface area contributed by atoms with Crippen LogP contribution in [0.3, 0.4) is 0 Å². The van der Waals surface area contributed by atoms with Crippen LogP contribution >= 0.6 is 0 Å². The van der Waals surface area contributed by atoms with Crippen LogP contribution in [0.4, 0.5) is 4.39 Å². The highest BCUT2D eigenvalue weighted by Crippen LogP contribution is 2.13. The number of halogens is 1. The summed E-state index contributed by atoms with van der Waals surface area (Å²) in [5.41, 5.74) is 0.898. The van der Waals surface area contributed by atoms with Gasteiger partial charge in [0.05, 0.1) is 17.1 Å². The lowest BCUT2D eigenvalue weighted by atomic mass is 10.2. The van der Waals surface area contributed by atoms with Crippen molar-refractivity contribution in [2.24, 2.45) is 0 Å². The first-order valence-corrected chi connectivity index (χ1v) is 9.92. The Labute approximate surface area is 157 Å². The minimum atomic E-state index is -3.74. The van der Waals surface area contributed by atoms with Crippen molar-refractivity contribution in [3.05, 3.63) is 66.0 Å². The monoisotopic (exact) mass is 393 g/mol. The Morgan fingerprint density at radius 2 is 1.70 bits per heavy atom. The van der Waals surface area contributed by atoms with Crippen molar-refractivity contribution in [2.45, 2.75) is 30.9 Å². The molecule has 1 N–H and O–H groups in total. The maximum Gasteiger partial charge on any atom is 0.307 e. The van der Waals surface area contributed by atoms with Gasteiger partial charge in [0.2, 0.25) is 0 Å². The molecular formula is C19H20FNO5S. The highest BCUT2D eigenvalue weighted by atomic mass is 32.2. The van der Waals surface area contributed by atoms with Crippen molar-refractivity contribution < 1.29 is 27.1 Å². The number of carbonyl (C=O) groups excluding carboxylic acids is 2. The molecule has 27 heavy (non-hydrogen) atoms. The summed E-state index contributed by atoms with van der Waals surface area (Å²) in [5, 5.41) is 2.64. The van der Waals surface area contributed by atoms with Crippen LogP contribution < -0.4 is 5.32 Å². The summed E-state index contributed by atoms with van der Waals surface area (Å²) in [4.78, 5) is 23.7. The fourth-order valence-electron chi connectivity index (χ4n) is 2.22. The van der Waals surface area contributed by atoms with E-state index in [-0.39, 0.29) is 4.90 Å². The fourth-order valence-corrected chi connectivity index (χ4v) is 3.44. The number of esters is 1. The molecule has 1 amide bonds. The maximum atomic E-state index is 12.9. The standard InChI is InChI=1S/C19H20FNO5S/c1-14(19(23)21-13-15-5-3-2-4-6-15)26-18(22)11-12-27(24,25)17-9-7-16(20)8-10-17/h2-10,14H,11-13H2,1H3,(H,21,23)/t14-/m1/s1. The number of hydrogen-bond donors (Lipinski definition) is 1. The molecule has 1 atom stereocenters. The van der Waals surface area contributed by atoms with E-state index in [9.17, 15) is 22.4 Å². The van der Waals surface area contributed by atoms with Crippen LogP contribution in [0.15, 0.2) is 59.5 Å². The van der Waals surface area contributed by atoms with Gasteiger partial charge in [0, 0.05) is 6.54 Å². The zero-order valence-corrected chi connectivity index (χ0v) is 15.5. The van der Waals surface area contributed by atoms with Crippen LogP contribution in [0.2, 0.25) is 0 Å². The van der Waals surface area contributed by atoms with Crippen LogP contribution in [-0.4, -0.2) is 32.2 Å². The Morgan fingerprint density at radius 1 is 1.07 bits per heavy atom. The molecule has 0 aliphatic rings. The summed E-state index contributed by atoms with van der Waals surface area (Å²) in [6, 6.07) is 13.6. The molecule has 0 aromatic heterocycles. The summed E-state index contributed by atoms with van der Waals surface area (Å²) >= 11 is 0. The quantitative estimate of drug-likeness (QED) is 0.549. The van der Waals surface area contributed by atoms with E-state index in [1.807, 2.05) is 30.3 Å². The molecule has 0 aliphatic carbocycles. The van der Waals surface area contributed by atoms with Crippen molar-refractivity contribution >= 4 is 21.7 Å². The van der Waals surface area contributed by atoms with E-state index in [0.29, 0.717) is 6.54 Å². The minimum Gasteiger partial charge on any atom is -0.453 e. The lowest BCUT2D eigenvalue weighted by molar-refractivity contribution is -0.154. The molecule has 0 saturated carbocycles. The van der Waals surface area contributed by atoms with Gasteiger partial charge < -0.3 is 10.1 Å². The number of carbonyl (C=O) groups is 2. The zero-order valence-electron chi connectivity index (χ0n) is 14.7. The second kappa shape index (κ2) is 9.27. The molecule has 2 rings (SSSR count). The van der Waals surface area contributed by atoms with Crippen LogP contribution in [-0.2, 0) is 30.7 Å². The number of amides is 1. The first-order valence-electron chi connectivity index (χ1n) is 8.27. The molecular weight excluding hydrogens is 373 g/mol. The largest absolute Gasteiger partial charge is 0.453 e. The van der Waals surface area contributed by atoms with E-state index >= 15 is 0 Å². The minimum absolute atomic E-state index is 0.0784. The van der Waals surface area contributed by atoms with Crippen molar-refractivity contribution in [3.63, 3.8) is 0 Å². The number of benzene rings is 2. The van der Waals surface area contributed by atoms with Gasteiger partial charge in [-0.25, -0.2) is 12.8 Å². The van der Waals surface area contributed by atoms with Crippen LogP contribution in [0, 0.1) is 5.82 Å². The van der Waals surface area contributed by atoms with Gasteiger partial charge in [-0.05, 0) is 36.8 Å². The van der Waals surface area contributed by atoms with Gasteiger partial charge in [-0.2, -0.15) is 0 Å². The summed E-state index contributed by atoms with van der Waals surface area (Å²) in [6.07, 6.45) is -1.45. The normalized spacial score (nSPS) is 12.2. The first-order chi connectivity index (χ1) is 12.8. The lowest BCUT2D eigenvalue weighted by Crippen LogP contribution is -2.35. The fraction of sp³-hybridized carbons (Fsp3) is 0.263. The number of rotatable bonds is 8. The third kappa shape index (κ3) is 6.49. The second-order valence-electron chi connectivity index (χ2n) is 5.86. The van der Waals surface area contributed by atoms with Crippen LogP contribution in [0.25, 0.3) is 0 Å². The maximum absolute atomic E-state index is 12.9. The molecule has 144 valence electrons. The second-order valence-corrected chi connectivity index (χ2v) is 7.97.